The number of hydrogen-bond acceptors (Lipinski definition) is 6. The van der Waals surface area contributed by atoms with Crippen LogP contribution in [0.25, 0.3) is 27.6 Å². The number of ether oxygens (including phenoxy) is 2. The van der Waals surface area contributed by atoms with Gasteiger partial charge in [0.25, 0.3) is 11.9 Å². The van der Waals surface area contributed by atoms with E-state index in [-0.39, 0.29) is 5.96 Å². The minimum atomic E-state index is -0.413. The fraction of sp³-hybridized carbons (Fsp3) is 0.0769. The molecule has 0 N–H and O–H groups in total. The van der Waals surface area contributed by atoms with E-state index >= 15 is 0 Å². The summed E-state index contributed by atoms with van der Waals surface area (Å²) in [5.74, 6) is 0.936. The Balaban J connectivity index is 1.62. The van der Waals surface area contributed by atoms with Crippen LogP contribution < -0.4 is 20.2 Å². The van der Waals surface area contributed by atoms with Crippen molar-refractivity contribution >= 4 is 39.5 Å². The average Bonchev–Trinajstić information content (AvgIpc) is 3.16. The van der Waals surface area contributed by atoms with Crippen molar-refractivity contribution in [1.82, 2.24) is 5.01 Å². The number of para-hydroxylation sites is 1. The van der Waals surface area contributed by atoms with Crippen LogP contribution in [-0.2, 0) is 4.79 Å². The third-order valence-electron chi connectivity index (χ3n) is 5.85. The molecule has 0 radical (unpaired) electrons. The molecular weight excluding hydrogens is 416 g/mol. The lowest BCUT2D eigenvalue weighted by molar-refractivity contribution is -0.114. The number of fused-ring (bicyclic) bond motifs is 7. The summed E-state index contributed by atoms with van der Waals surface area (Å²) < 4.78 is 10.9. The number of aliphatic imine (C=N–C) groups is 1. The summed E-state index contributed by atoms with van der Waals surface area (Å²) in [6.07, 6.45) is 1.70. The Bertz CT molecular complexity index is 1670. The number of methoxy groups -OCH3 is 2. The van der Waals surface area contributed by atoms with Gasteiger partial charge in [-0.15, -0.1) is 0 Å². The van der Waals surface area contributed by atoms with Gasteiger partial charge in [0.2, 0.25) is 0 Å². The standard InChI is InChI=1S/C26H18N4O3/c1-32-21-13-7-8-15(24(21)33-2)14-20-25(31)28-26-27-22-18-11-5-3-9-16(18)17-10-4-6-12-19(17)23(22)29-30(20)26/h3-14H,1-2H3. The summed E-state index contributed by atoms with van der Waals surface area (Å²) in [5, 5.41) is 11.9. The van der Waals surface area contributed by atoms with Crippen molar-refractivity contribution < 1.29 is 14.3 Å². The number of rotatable bonds is 3. The van der Waals surface area contributed by atoms with Gasteiger partial charge in [-0.05, 0) is 22.9 Å². The number of carbonyl (C=O) groups excluding carboxylic acids is 1. The fourth-order valence-corrected chi connectivity index (χ4v) is 4.38. The van der Waals surface area contributed by atoms with Gasteiger partial charge < -0.3 is 9.47 Å². The SMILES string of the molecule is COc1cccc(C=C2C(=O)N=C3N=c4c(c5ccccc5c5ccccc45)=NN23)c1OC. The van der Waals surface area contributed by atoms with Crippen molar-refractivity contribution in [2.75, 3.05) is 14.2 Å². The highest BCUT2D eigenvalue weighted by molar-refractivity contribution is 6.14. The maximum absolute atomic E-state index is 12.9. The number of carbonyl (C=O) groups is 1. The molecule has 0 aliphatic carbocycles. The normalized spacial score (nSPS) is 15.7. The minimum absolute atomic E-state index is 0.251. The molecule has 0 unspecified atom stereocenters. The Labute approximate surface area is 188 Å². The average molecular weight is 434 g/mol. The molecule has 0 bridgehead atoms. The first-order valence-corrected chi connectivity index (χ1v) is 10.4. The van der Waals surface area contributed by atoms with Gasteiger partial charge in [-0.3, -0.25) is 4.79 Å². The van der Waals surface area contributed by atoms with E-state index in [0.29, 0.717) is 33.5 Å². The zero-order valence-corrected chi connectivity index (χ0v) is 17.9. The minimum Gasteiger partial charge on any atom is -0.493 e. The van der Waals surface area contributed by atoms with Crippen LogP contribution >= 0.6 is 0 Å². The van der Waals surface area contributed by atoms with Crippen molar-refractivity contribution in [2.24, 2.45) is 15.1 Å². The number of nitrogens with zero attached hydrogens (tertiary/aromatic N) is 4. The molecule has 0 fully saturated rings. The van der Waals surface area contributed by atoms with Crippen LogP contribution in [0, 0.1) is 0 Å². The molecule has 0 atom stereocenters. The molecule has 4 aromatic rings. The van der Waals surface area contributed by atoms with Crippen LogP contribution in [0.3, 0.4) is 0 Å². The Kier molecular flexibility index (Phi) is 4.23. The Morgan fingerprint density at radius 1 is 0.758 bits per heavy atom. The highest BCUT2D eigenvalue weighted by atomic mass is 16.5. The van der Waals surface area contributed by atoms with E-state index in [1.165, 1.54) is 5.01 Å². The molecule has 33 heavy (non-hydrogen) atoms. The lowest BCUT2D eigenvalue weighted by Crippen LogP contribution is -2.38. The zero-order valence-electron chi connectivity index (χ0n) is 17.9. The Morgan fingerprint density at radius 3 is 2.09 bits per heavy atom. The summed E-state index contributed by atoms with van der Waals surface area (Å²) in [5.41, 5.74) is 0.976. The predicted octanol–water partition coefficient (Wildman–Crippen LogP) is 3.42. The highest BCUT2D eigenvalue weighted by Gasteiger charge is 2.32. The largest absolute Gasteiger partial charge is 0.493 e. The van der Waals surface area contributed by atoms with Gasteiger partial charge >= 0.3 is 0 Å². The molecule has 0 saturated heterocycles. The maximum Gasteiger partial charge on any atom is 0.299 e. The summed E-state index contributed by atoms with van der Waals surface area (Å²) in [7, 11) is 3.13. The number of benzene rings is 4. The van der Waals surface area contributed by atoms with Gasteiger partial charge in [0.1, 0.15) is 16.4 Å². The van der Waals surface area contributed by atoms with Gasteiger partial charge in [-0.25, -0.2) is 4.99 Å². The van der Waals surface area contributed by atoms with Crippen molar-refractivity contribution in [3.05, 3.63) is 88.7 Å². The summed E-state index contributed by atoms with van der Waals surface area (Å²) in [6, 6.07) is 21.6. The van der Waals surface area contributed by atoms with E-state index in [1.807, 2.05) is 48.5 Å². The van der Waals surface area contributed by atoms with Crippen LogP contribution in [-0.4, -0.2) is 31.1 Å². The smallest absolute Gasteiger partial charge is 0.299 e. The van der Waals surface area contributed by atoms with Crippen LogP contribution in [0.2, 0.25) is 0 Å². The van der Waals surface area contributed by atoms with Gasteiger partial charge in [0.15, 0.2) is 11.5 Å². The number of guanidine groups is 1. The molecule has 4 aromatic carbocycles. The Morgan fingerprint density at radius 2 is 1.42 bits per heavy atom. The molecular formula is C26H18N4O3. The first-order chi connectivity index (χ1) is 16.2. The molecule has 1 amide bonds. The first-order valence-electron chi connectivity index (χ1n) is 10.4. The molecule has 0 aromatic heterocycles. The molecule has 0 saturated carbocycles. The van der Waals surface area contributed by atoms with Crippen LogP contribution in [0.4, 0.5) is 0 Å². The van der Waals surface area contributed by atoms with Gasteiger partial charge in [0, 0.05) is 16.3 Å². The molecule has 2 aliphatic rings. The van der Waals surface area contributed by atoms with Crippen molar-refractivity contribution in [3.63, 3.8) is 0 Å². The van der Waals surface area contributed by atoms with E-state index in [1.54, 1.807) is 26.4 Å². The van der Waals surface area contributed by atoms with Crippen LogP contribution in [0.1, 0.15) is 5.56 Å². The van der Waals surface area contributed by atoms with E-state index in [0.717, 1.165) is 21.5 Å². The second-order valence-electron chi connectivity index (χ2n) is 7.64. The molecule has 160 valence electrons. The van der Waals surface area contributed by atoms with Crippen LogP contribution in [0.15, 0.2) is 87.5 Å². The van der Waals surface area contributed by atoms with E-state index < -0.39 is 5.91 Å². The summed E-state index contributed by atoms with van der Waals surface area (Å²) in [4.78, 5) is 21.8. The zero-order chi connectivity index (χ0) is 22.5. The summed E-state index contributed by atoms with van der Waals surface area (Å²) >= 11 is 0. The molecule has 7 nitrogen and oxygen atoms in total. The van der Waals surface area contributed by atoms with E-state index in [4.69, 9.17) is 19.6 Å². The maximum atomic E-state index is 12.9. The summed E-state index contributed by atoms with van der Waals surface area (Å²) in [6.45, 7) is 0. The van der Waals surface area contributed by atoms with Crippen LogP contribution in [0.5, 0.6) is 11.5 Å². The first kappa shape index (κ1) is 19.2. The second kappa shape index (κ2) is 7.27. The van der Waals surface area contributed by atoms with E-state index in [9.17, 15) is 4.79 Å². The number of amides is 1. The van der Waals surface area contributed by atoms with E-state index in [2.05, 4.69) is 17.1 Å². The molecule has 0 spiro atoms. The Hall–Kier alpha value is -4.52. The van der Waals surface area contributed by atoms with Gasteiger partial charge in [-0.2, -0.15) is 15.1 Å². The predicted molar refractivity (Wildman–Crippen MR) is 126 cm³/mol. The third-order valence-corrected chi connectivity index (χ3v) is 5.85. The highest BCUT2D eigenvalue weighted by Crippen LogP contribution is 2.33. The van der Waals surface area contributed by atoms with Crippen molar-refractivity contribution in [1.29, 1.82) is 0 Å². The second-order valence-corrected chi connectivity index (χ2v) is 7.64. The quantitative estimate of drug-likeness (QED) is 0.366. The molecule has 7 heteroatoms. The van der Waals surface area contributed by atoms with Crippen molar-refractivity contribution in [3.8, 4) is 11.5 Å². The molecule has 2 aliphatic heterocycles. The third kappa shape index (κ3) is 2.82. The molecule has 6 rings (SSSR count). The molecule has 2 heterocycles. The monoisotopic (exact) mass is 434 g/mol. The number of hydrogen-bond donors (Lipinski definition) is 0. The topological polar surface area (TPSA) is 75.8 Å². The van der Waals surface area contributed by atoms with Gasteiger partial charge in [-0.1, -0.05) is 60.7 Å². The van der Waals surface area contributed by atoms with Crippen molar-refractivity contribution in [2.45, 2.75) is 0 Å². The lowest BCUT2D eigenvalue weighted by Gasteiger charge is -2.17. The lowest BCUT2D eigenvalue weighted by atomic mass is 10.0. The van der Waals surface area contributed by atoms with Gasteiger partial charge in [0.05, 0.1) is 14.2 Å². The fourth-order valence-electron chi connectivity index (χ4n) is 4.38.